The normalized spacial score (nSPS) is 13.6. The zero-order valence-electron chi connectivity index (χ0n) is 11.0. The summed E-state index contributed by atoms with van der Waals surface area (Å²) in [4.78, 5) is 11.7. The van der Waals surface area contributed by atoms with Crippen molar-refractivity contribution in [3.05, 3.63) is 0 Å². The van der Waals surface area contributed by atoms with Crippen LogP contribution in [-0.2, 0) is 4.79 Å². The summed E-state index contributed by atoms with van der Waals surface area (Å²) < 4.78 is 0. The summed E-state index contributed by atoms with van der Waals surface area (Å²) in [6.07, 6.45) is 2.83. The molecule has 96 valence electrons. The molecule has 0 aliphatic rings. The number of aliphatic hydroxyl groups is 1. The lowest BCUT2D eigenvalue weighted by Gasteiger charge is -2.23. The van der Waals surface area contributed by atoms with E-state index in [9.17, 15) is 4.79 Å². The number of hydrogen-bond acceptors (Lipinski definition) is 3. The maximum absolute atomic E-state index is 11.7. The Morgan fingerprint density at radius 3 is 2.38 bits per heavy atom. The van der Waals surface area contributed by atoms with Gasteiger partial charge >= 0.3 is 0 Å². The Balaban J connectivity index is 3.64. The smallest absolute Gasteiger partial charge is 0.237 e. The molecule has 0 fully saturated rings. The summed E-state index contributed by atoms with van der Waals surface area (Å²) in [6, 6.07) is -0.159. The molecule has 0 aromatic rings. The van der Waals surface area contributed by atoms with Crippen LogP contribution in [0, 0.1) is 0 Å². The lowest BCUT2D eigenvalue weighted by molar-refractivity contribution is -0.124. The molecule has 1 unspecified atom stereocenters. The number of aliphatic hydroxyl groups excluding tert-OH is 1. The van der Waals surface area contributed by atoms with E-state index in [1.54, 1.807) is 0 Å². The minimum Gasteiger partial charge on any atom is -0.396 e. The lowest BCUT2D eigenvalue weighted by atomic mass is 10.1. The van der Waals surface area contributed by atoms with Crippen molar-refractivity contribution in [3.8, 4) is 0 Å². The fourth-order valence-electron chi connectivity index (χ4n) is 1.30. The standard InChI is InChI=1S/C12H26N2O2/c1-10(11(16)14-12(2,3)4)13-8-6-5-7-9-15/h10,13,15H,5-9H2,1-4H3,(H,14,16). The van der Waals surface area contributed by atoms with Gasteiger partial charge in [-0.3, -0.25) is 4.79 Å². The van der Waals surface area contributed by atoms with E-state index in [-0.39, 0.29) is 24.1 Å². The molecule has 4 heteroatoms. The van der Waals surface area contributed by atoms with Crippen LogP contribution in [-0.4, -0.2) is 35.7 Å². The van der Waals surface area contributed by atoms with Crippen LogP contribution in [0.2, 0.25) is 0 Å². The van der Waals surface area contributed by atoms with Crippen molar-refractivity contribution in [3.63, 3.8) is 0 Å². The first-order chi connectivity index (χ1) is 7.37. The number of nitrogens with one attached hydrogen (secondary N) is 2. The molecule has 0 aliphatic heterocycles. The Morgan fingerprint density at radius 2 is 1.88 bits per heavy atom. The molecule has 16 heavy (non-hydrogen) atoms. The second kappa shape index (κ2) is 7.63. The highest BCUT2D eigenvalue weighted by molar-refractivity contribution is 5.81. The van der Waals surface area contributed by atoms with Crippen molar-refractivity contribution < 1.29 is 9.90 Å². The van der Waals surface area contributed by atoms with Crippen molar-refractivity contribution in [1.29, 1.82) is 0 Å². The van der Waals surface area contributed by atoms with Gasteiger partial charge in [0.1, 0.15) is 0 Å². The Hall–Kier alpha value is -0.610. The summed E-state index contributed by atoms with van der Waals surface area (Å²) in [5, 5.41) is 14.7. The second-order valence-corrected chi connectivity index (χ2v) is 5.20. The highest BCUT2D eigenvalue weighted by Gasteiger charge is 2.18. The number of unbranched alkanes of at least 4 members (excludes halogenated alkanes) is 2. The third kappa shape index (κ3) is 8.68. The minimum absolute atomic E-state index is 0.0367. The molecule has 0 aromatic carbocycles. The fourth-order valence-corrected chi connectivity index (χ4v) is 1.30. The molecule has 0 radical (unpaired) electrons. The number of carbonyl (C=O) groups excluding carboxylic acids is 1. The monoisotopic (exact) mass is 230 g/mol. The molecule has 0 saturated heterocycles. The molecule has 0 heterocycles. The third-order valence-electron chi connectivity index (χ3n) is 2.18. The van der Waals surface area contributed by atoms with E-state index in [1.807, 2.05) is 27.7 Å². The molecule has 1 amide bonds. The average molecular weight is 230 g/mol. The summed E-state index contributed by atoms with van der Waals surface area (Å²) in [5.41, 5.74) is -0.177. The molecule has 0 aromatic heterocycles. The average Bonchev–Trinajstić information content (AvgIpc) is 2.14. The van der Waals surface area contributed by atoms with Crippen LogP contribution in [0.5, 0.6) is 0 Å². The van der Waals surface area contributed by atoms with Gasteiger partial charge in [0, 0.05) is 12.1 Å². The van der Waals surface area contributed by atoms with E-state index >= 15 is 0 Å². The molecule has 0 spiro atoms. The highest BCUT2D eigenvalue weighted by atomic mass is 16.2. The SMILES string of the molecule is CC(NCCCCCO)C(=O)NC(C)(C)C. The number of carbonyl (C=O) groups is 1. The number of rotatable bonds is 7. The molecular weight excluding hydrogens is 204 g/mol. The van der Waals surface area contributed by atoms with Crippen molar-refractivity contribution in [2.75, 3.05) is 13.2 Å². The van der Waals surface area contributed by atoms with Crippen LogP contribution in [0.4, 0.5) is 0 Å². The molecule has 0 saturated carbocycles. The first kappa shape index (κ1) is 15.4. The number of hydrogen-bond donors (Lipinski definition) is 3. The maximum atomic E-state index is 11.7. The van der Waals surface area contributed by atoms with Crippen molar-refractivity contribution in [1.82, 2.24) is 10.6 Å². The third-order valence-corrected chi connectivity index (χ3v) is 2.18. The molecular formula is C12H26N2O2. The first-order valence-corrected chi connectivity index (χ1v) is 6.03. The summed E-state index contributed by atoms with van der Waals surface area (Å²) >= 11 is 0. The predicted octanol–water partition coefficient (Wildman–Crippen LogP) is 1.04. The fraction of sp³-hybridized carbons (Fsp3) is 0.917. The zero-order chi connectivity index (χ0) is 12.6. The van der Waals surface area contributed by atoms with Crippen molar-refractivity contribution in [2.24, 2.45) is 0 Å². The van der Waals surface area contributed by atoms with Gasteiger partial charge in [-0.15, -0.1) is 0 Å². The van der Waals surface area contributed by atoms with Crippen LogP contribution in [0.3, 0.4) is 0 Å². The maximum Gasteiger partial charge on any atom is 0.237 e. The van der Waals surface area contributed by atoms with E-state index in [0.717, 1.165) is 25.8 Å². The summed E-state index contributed by atoms with van der Waals surface area (Å²) in [5.74, 6) is 0.0367. The van der Waals surface area contributed by atoms with E-state index in [0.29, 0.717) is 0 Å². The summed E-state index contributed by atoms with van der Waals surface area (Å²) in [6.45, 7) is 8.85. The van der Waals surface area contributed by atoms with Gasteiger partial charge in [0.25, 0.3) is 0 Å². The zero-order valence-corrected chi connectivity index (χ0v) is 11.0. The quantitative estimate of drug-likeness (QED) is 0.573. The van der Waals surface area contributed by atoms with Crippen molar-refractivity contribution in [2.45, 2.75) is 58.5 Å². The lowest BCUT2D eigenvalue weighted by Crippen LogP contribution is -2.49. The van der Waals surface area contributed by atoms with Crippen LogP contribution in [0.15, 0.2) is 0 Å². The van der Waals surface area contributed by atoms with Crippen LogP contribution in [0.25, 0.3) is 0 Å². The molecule has 4 nitrogen and oxygen atoms in total. The van der Waals surface area contributed by atoms with E-state index in [2.05, 4.69) is 10.6 Å². The predicted molar refractivity (Wildman–Crippen MR) is 66.3 cm³/mol. The Labute approximate surface area is 98.8 Å². The van der Waals surface area contributed by atoms with Gasteiger partial charge in [-0.25, -0.2) is 0 Å². The minimum atomic E-state index is -0.177. The van der Waals surface area contributed by atoms with E-state index in [1.165, 1.54) is 0 Å². The number of amides is 1. The Morgan fingerprint density at radius 1 is 1.25 bits per heavy atom. The summed E-state index contributed by atoms with van der Waals surface area (Å²) in [7, 11) is 0. The van der Waals surface area contributed by atoms with Gasteiger partial charge in [0.05, 0.1) is 6.04 Å². The largest absolute Gasteiger partial charge is 0.396 e. The Bertz CT molecular complexity index is 200. The highest BCUT2D eigenvalue weighted by Crippen LogP contribution is 1.99. The van der Waals surface area contributed by atoms with E-state index < -0.39 is 0 Å². The van der Waals surface area contributed by atoms with Crippen LogP contribution in [0.1, 0.15) is 47.0 Å². The second-order valence-electron chi connectivity index (χ2n) is 5.20. The molecule has 0 bridgehead atoms. The molecule has 0 aliphatic carbocycles. The molecule has 3 N–H and O–H groups in total. The first-order valence-electron chi connectivity index (χ1n) is 6.03. The van der Waals surface area contributed by atoms with Gasteiger partial charge in [-0.1, -0.05) is 0 Å². The van der Waals surface area contributed by atoms with Gasteiger partial charge in [-0.05, 0) is 53.5 Å². The molecule has 1 atom stereocenters. The van der Waals surface area contributed by atoms with Gasteiger partial charge in [0.2, 0.25) is 5.91 Å². The van der Waals surface area contributed by atoms with Gasteiger partial charge in [-0.2, -0.15) is 0 Å². The van der Waals surface area contributed by atoms with E-state index in [4.69, 9.17) is 5.11 Å². The van der Waals surface area contributed by atoms with Gasteiger partial charge in [0.15, 0.2) is 0 Å². The van der Waals surface area contributed by atoms with Crippen molar-refractivity contribution >= 4 is 5.91 Å². The Kier molecular flexibility index (Phi) is 7.34. The van der Waals surface area contributed by atoms with Crippen LogP contribution >= 0.6 is 0 Å². The van der Waals surface area contributed by atoms with Gasteiger partial charge < -0.3 is 15.7 Å². The van der Waals surface area contributed by atoms with Crippen LogP contribution < -0.4 is 10.6 Å². The molecule has 0 rings (SSSR count). The topological polar surface area (TPSA) is 61.4 Å².